The minimum atomic E-state index is 0.764. The highest BCUT2D eigenvalue weighted by molar-refractivity contribution is 5.55. The van der Waals surface area contributed by atoms with Gasteiger partial charge in [0.1, 0.15) is 5.65 Å². The van der Waals surface area contributed by atoms with Crippen LogP contribution in [-0.4, -0.2) is 43.2 Å². The van der Waals surface area contributed by atoms with E-state index < -0.39 is 0 Å². The van der Waals surface area contributed by atoms with Crippen molar-refractivity contribution in [1.82, 2.24) is 14.7 Å². The van der Waals surface area contributed by atoms with Gasteiger partial charge in [0.15, 0.2) is 5.82 Å². The first-order chi connectivity index (χ1) is 10.3. The van der Waals surface area contributed by atoms with Crippen LogP contribution in [0.2, 0.25) is 0 Å². The second kappa shape index (κ2) is 6.45. The lowest BCUT2D eigenvalue weighted by molar-refractivity contribution is 0.131. The predicted octanol–water partition coefficient (Wildman–Crippen LogP) is 1.92. The van der Waals surface area contributed by atoms with Gasteiger partial charge in [0.25, 0.3) is 0 Å². The Hall–Kier alpha value is -1.59. The molecule has 1 aliphatic rings. The molecule has 5 nitrogen and oxygen atoms in total. The zero-order chi connectivity index (χ0) is 14.7. The first-order valence-electron chi connectivity index (χ1n) is 7.69. The molecule has 2 aromatic heterocycles. The average Bonchev–Trinajstić information content (AvgIpc) is 3.25. The first kappa shape index (κ1) is 14.4. The quantitative estimate of drug-likeness (QED) is 0.754. The molecule has 0 aliphatic heterocycles. The second-order valence-corrected chi connectivity index (χ2v) is 5.78. The number of hydrogen-bond acceptors (Lipinski definition) is 4. The van der Waals surface area contributed by atoms with Crippen molar-refractivity contribution in [3.05, 3.63) is 30.1 Å². The summed E-state index contributed by atoms with van der Waals surface area (Å²) in [5.41, 5.74) is 2.18. The summed E-state index contributed by atoms with van der Waals surface area (Å²) in [7, 11) is 4.05. The molecular formula is C16H24N4O. The highest BCUT2D eigenvalue weighted by Gasteiger charge is 2.21. The third-order valence-corrected chi connectivity index (χ3v) is 3.94. The van der Waals surface area contributed by atoms with Gasteiger partial charge in [-0.05, 0) is 37.9 Å². The van der Waals surface area contributed by atoms with E-state index in [9.17, 15) is 0 Å². The number of likely N-dealkylation sites (N-methyl/N-ethyl adjacent to an activating group) is 1. The molecule has 0 radical (unpaired) electrons. The van der Waals surface area contributed by atoms with Gasteiger partial charge in [0.05, 0.1) is 12.3 Å². The molecule has 5 heteroatoms. The maximum atomic E-state index is 5.73. The van der Waals surface area contributed by atoms with Crippen LogP contribution in [0.3, 0.4) is 0 Å². The number of pyridine rings is 1. The minimum Gasteiger partial charge on any atom is -0.379 e. The van der Waals surface area contributed by atoms with E-state index in [1.165, 1.54) is 18.5 Å². The Kier molecular flexibility index (Phi) is 4.41. The van der Waals surface area contributed by atoms with Crippen LogP contribution in [0.1, 0.15) is 18.5 Å². The molecule has 0 atom stereocenters. The summed E-state index contributed by atoms with van der Waals surface area (Å²) in [5.74, 6) is 1.86. The number of anilines is 1. The summed E-state index contributed by atoms with van der Waals surface area (Å²) < 4.78 is 7.88. The van der Waals surface area contributed by atoms with E-state index in [2.05, 4.69) is 27.9 Å². The standard InChI is InChI=1S/C16H24N4O/c1-17-11-14-16(18-15-5-3-4-8-20(14)15)19(2)9-10-21-12-13-6-7-13/h3-5,8,13,17H,6-7,9-12H2,1-2H3. The molecule has 0 aromatic carbocycles. The molecule has 1 aliphatic carbocycles. The molecule has 114 valence electrons. The maximum absolute atomic E-state index is 5.73. The zero-order valence-corrected chi connectivity index (χ0v) is 12.9. The van der Waals surface area contributed by atoms with Crippen molar-refractivity contribution in [2.75, 3.05) is 38.8 Å². The molecule has 0 spiro atoms. The van der Waals surface area contributed by atoms with Crippen LogP contribution >= 0.6 is 0 Å². The van der Waals surface area contributed by atoms with Crippen molar-refractivity contribution >= 4 is 11.5 Å². The Morgan fingerprint density at radius 1 is 1.43 bits per heavy atom. The Morgan fingerprint density at radius 3 is 3.05 bits per heavy atom. The Bertz CT molecular complexity index is 591. The lowest BCUT2D eigenvalue weighted by Gasteiger charge is -2.18. The van der Waals surface area contributed by atoms with Crippen molar-refractivity contribution in [2.24, 2.45) is 5.92 Å². The molecule has 1 fully saturated rings. The highest BCUT2D eigenvalue weighted by atomic mass is 16.5. The van der Waals surface area contributed by atoms with Gasteiger partial charge in [-0.1, -0.05) is 6.07 Å². The lowest BCUT2D eigenvalue weighted by Crippen LogP contribution is -2.25. The van der Waals surface area contributed by atoms with Crippen molar-refractivity contribution < 1.29 is 4.74 Å². The largest absolute Gasteiger partial charge is 0.379 e. The molecular weight excluding hydrogens is 264 g/mol. The second-order valence-electron chi connectivity index (χ2n) is 5.78. The lowest BCUT2D eigenvalue weighted by atomic mass is 10.3. The molecule has 1 N–H and O–H groups in total. The van der Waals surface area contributed by atoms with E-state index in [0.29, 0.717) is 0 Å². The number of imidazole rings is 1. The van der Waals surface area contributed by atoms with E-state index >= 15 is 0 Å². The zero-order valence-electron chi connectivity index (χ0n) is 12.9. The van der Waals surface area contributed by atoms with Gasteiger partial charge in [-0.3, -0.25) is 0 Å². The van der Waals surface area contributed by atoms with E-state index in [1.54, 1.807) is 0 Å². The topological polar surface area (TPSA) is 41.8 Å². The molecule has 0 amide bonds. The molecule has 0 unspecified atom stereocenters. The van der Waals surface area contributed by atoms with Gasteiger partial charge < -0.3 is 19.4 Å². The average molecular weight is 288 g/mol. The summed E-state index contributed by atoms with van der Waals surface area (Å²) in [6.07, 6.45) is 4.75. The summed E-state index contributed by atoms with van der Waals surface area (Å²) in [6.45, 7) is 3.35. The van der Waals surface area contributed by atoms with Crippen LogP contribution in [0.25, 0.3) is 5.65 Å². The molecule has 1 saturated carbocycles. The SMILES string of the molecule is CNCc1c(N(C)CCOCC2CC2)nc2ccccn12. The minimum absolute atomic E-state index is 0.764. The third kappa shape index (κ3) is 3.36. The fraction of sp³-hybridized carbons (Fsp3) is 0.562. The Labute approximate surface area is 125 Å². The Balaban J connectivity index is 1.69. The predicted molar refractivity (Wildman–Crippen MR) is 84.8 cm³/mol. The molecule has 21 heavy (non-hydrogen) atoms. The van der Waals surface area contributed by atoms with Gasteiger partial charge in [-0.15, -0.1) is 0 Å². The number of nitrogens with one attached hydrogen (secondary N) is 1. The van der Waals surface area contributed by atoms with Crippen LogP contribution in [0.15, 0.2) is 24.4 Å². The van der Waals surface area contributed by atoms with Gasteiger partial charge in [-0.2, -0.15) is 0 Å². The first-order valence-corrected chi connectivity index (χ1v) is 7.69. The molecule has 0 bridgehead atoms. The summed E-state index contributed by atoms with van der Waals surface area (Å²) in [6, 6.07) is 6.10. The highest BCUT2D eigenvalue weighted by Crippen LogP contribution is 2.28. The van der Waals surface area contributed by atoms with Crippen LogP contribution in [-0.2, 0) is 11.3 Å². The smallest absolute Gasteiger partial charge is 0.152 e. The summed E-state index contributed by atoms with van der Waals surface area (Å²) in [5, 5.41) is 3.23. The number of aromatic nitrogens is 2. The van der Waals surface area contributed by atoms with Crippen LogP contribution in [0.4, 0.5) is 5.82 Å². The summed E-state index contributed by atoms with van der Waals surface area (Å²) in [4.78, 5) is 6.94. The number of nitrogens with zero attached hydrogens (tertiary/aromatic N) is 3. The maximum Gasteiger partial charge on any atom is 0.152 e. The molecule has 2 aromatic rings. The number of rotatable bonds is 8. The van der Waals surface area contributed by atoms with Crippen molar-refractivity contribution in [2.45, 2.75) is 19.4 Å². The van der Waals surface area contributed by atoms with Gasteiger partial charge >= 0.3 is 0 Å². The Morgan fingerprint density at radius 2 is 2.29 bits per heavy atom. The van der Waals surface area contributed by atoms with E-state index in [1.807, 2.05) is 25.2 Å². The van der Waals surface area contributed by atoms with Crippen LogP contribution in [0, 0.1) is 5.92 Å². The van der Waals surface area contributed by atoms with Crippen molar-refractivity contribution in [1.29, 1.82) is 0 Å². The van der Waals surface area contributed by atoms with Gasteiger partial charge in [0.2, 0.25) is 0 Å². The third-order valence-electron chi connectivity index (χ3n) is 3.94. The molecule has 0 saturated heterocycles. The van der Waals surface area contributed by atoms with Crippen LogP contribution < -0.4 is 10.2 Å². The van der Waals surface area contributed by atoms with E-state index in [-0.39, 0.29) is 0 Å². The monoisotopic (exact) mass is 288 g/mol. The number of ether oxygens (including phenoxy) is 1. The normalized spacial score (nSPS) is 14.8. The number of hydrogen-bond donors (Lipinski definition) is 1. The molecule has 3 rings (SSSR count). The van der Waals surface area contributed by atoms with Crippen LogP contribution in [0.5, 0.6) is 0 Å². The van der Waals surface area contributed by atoms with Crippen molar-refractivity contribution in [3.63, 3.8) is 0 Å². The van der Waals surface area contributed by atoms with Crippen molar-refractivity contribution in [3.8, 4) is 0 Å². The summed E-state index contributed by atoms with van der Waals surface area (Å²) >= 11 is 0. The fourth-order valence-electron chi connectivity index (χ4n) is 2.51. The van der Waals surface area contributed by atoms with E-state index in [0.717, 1.165) is 43.7 Å². The van der Waals surface area contributed by atoms with Gasteiger partial charge in [0, 0.05) is 32.9 Å². The van der Waals surface area contributed by atoms with E-state index in [4.69, 9.17) is 9.72 Å². The van der Waals surface area contributed by atoms with Gasteiger partial charge in [-0.25, -0.2) is 4.98 Å². The fourth-order valence-corrected chi connectivity index (χ4v) is 2.51. The molecule has 2 heterocycles. The number of fused-ring (bicyclic) bond motifs is 1.